The Hall–Kier alpha value is -2.76. The van der Waals surface area contributed by atoms with Crippen LogP contribution < -0.4 is 4.74 Å². The van der Waals surface area contributed by atoms with Gasteiger partial charge in [0, 0.05) is 21.9 Å². The molecule has 0 N–H and O–H groups in total. The standard InChI is InChI=1S/C21H15ClN2O2S/c22-17-9-6-8-15(13-17)20-23-24-21(26-20)27-14-16-7-4-5-12-19(16)25-18-10-2-1-3-11-18/h1-13H,14H2. The minimum absolute atomic E-state index is 0.453. The highest BCUT2D eigenvalue weighted by Crippen LogP contribution is 2.31. The van der Waals surface area contributed by atoms with Crippen molar-refractivity contribution in [2.75, 3.05) is 0 Å². The third kappa shape index (κ3) is 4.51. The van der Waals surface area contributed by atoms with E-state index in [2.05, 4.69) is 10.2 Å². The Bertz CT molecular complexity index is 1040. The lowest BCUT2D eigenvalue weighted by molar-refractivity contribution is 0.465. The summed E-state index contributed by atoms with van der Waals surface area (Å²) in [6.45, 7) is 0. The number of rotatable bonds is 6. The van der Waals surface area contributed by atoms with Crippen LogP contribution in [-0.4, -0.2) is 10.2 Å². The Morgan fingerprint density at radius 1 is 0.889 bits per heavy atom. The lowest BCUT2D eigenvalue weighted by atomic mass is 10.2. The first-order valence-corrected chi connectivity index (χ1v) is 9.67. The number of halogens is 1. The number of thioether (sulfide) groups is 1. The van der Waals surface area contributed by atoms with Gasteiger partial charge < -0.3 is 9.15 Å². The first kappa shape index (κ1) is 17.6. The van der Waals surface area contributed by atoms with E-state index in [1.807, 2.05) is 66.7 Å². The van der Waals surface area contributed by atoms with Gasteiger partial charge in [-0.2, -0.15) is 0 Å². The van der Waals surface area contributed by atoms with Crippen molar-refractivity contribution in [1.29, 1.82) is 0 Å². The van der Waals surface area contributed by atoms with Crippen molar-refractivity contribution in [1.82, 2.24) is 10.2 Å². The quantitative estimate of drug-likeness (QED) is 0.350. The molecule has 0 unspecified atom stereocenters. The summed E-state index contributed by atoms with van der Waals surface area (Å²) in [6, 6.07) is 25.0. The molecule has 4 rings (SSSR count). The summed E-state index contributed by atoms with van der Waals surface area (Å²) < 4.78 is 11.7. The molecule has 0 aliphatic heterocycles. The zero-order valence-electron chi connectivity index (χ0n) is 14.2. The third-order valence-corrected chi connectivity index (χ3v) is 4.88. The molecule has 0 fully saturated rings. The van der Waals surface area contributed by atoms with Crippen molar-refractivity contribution in [2.45, 2.75) is 11.0 Å². The zero-order valence-corrected chi connectivity index (χ0v) is 15.8. The van der Waals surface area contributed by atoms with Crippen LogP contribution in [-0.2, 0) is 5.75 Å². The van der Waals surface area contributed by atoms with E-state index in [9.17, 15) is 0 Å². The monoisotopic (exact) mass is 394 g/mol. The molecule has 134 valence electrons. The van der Waals surface area contributed by atoms with E-state index in [-0.39, 0.29) is 0 Å². The molecule has 1 heterocycles. The third-order valence-electron chi connectivity index (χ3n) is 3.77. The molecule has 0 atom stereocenters. The van der Waals surface area contributed by atoms with Gasteiger partial charge in [0.1, 0.15) is 11.5 Å². The molecule has 0 aliphatic carbocycles. The van der Waals surface area contributed by atoms with Gasteiger partial charge in [-0.1, -0.05) is 65.8 Å². The maximum absolute atomic E-state index is 6.02. The number of benzene rings is 3. The first-order valence-electron chi connectivity index (χ1n) is 8.31. The molecule has 27 heavy (non-hydrogen) atoms. The van der Waals surface area contributed by atoms with Gasteiger partial charge in [0.15, 0.2) is 0 Å². The number of ether oxygens (including phenoxy) is 1. The van der Waals surface area contributed by atoms with Crippen LogP contribution in [0.25, 0.3) is 11.5 Å². The van der Waals surface area contributed by atoms with E-state index in [1.165, 1.54) is 11.8 Å². The summed E-state index contributed by atoms with van der Waals surface area (Å²) in [7, 11) is 0. The lowest BCUT2D eigenvalue weighted by Gasteiger charge is -2.10. The maximum Gasteiger partial charge on any atom is 0.277 e. The Morgan fingerprint density at radius 3 is 2.56 bits per heavy atom. The normalized spacial score (nSPS) is 10.7. The van der Waals surface area contributed by atoms with E-state index in [0.717, 1.165) is 22.6 Å². The maximum atomic E-state index is 6.02. The van der Waals surface area contributed by atoms with E-state index < -0.39 is 0 Å². The number of nitrogens with zero attached hydrogens (tertiary/aromatic N) is 2. The molecule has 3 aromatic carbocycles. The molecule has 0 aliphatic rings. The summed E-state index contributed by atoms with van der Waals surface area (Å²) in [6.07, 6.45) is 0. The molecular weight excluding hydrogens is 380 g/mol. The summed E-state index contributed by atoms with van der Waals surface area (Å²) in [5.74, 6) is 2.72. The fraction of sp³-hybridized carbons (Fsp3) is 0.0476. The van der Waals surface area contributed by atoms with Gasteiger partial charge >= 0.3 is 0 Å². The molecule has 0 saturated heterocycles. The fourth-order valence-electron chi connectivity index (χ4n) is 2.48. The van der Waals surface area contributed by atoms with Crippen LogP contribution in [0.2, 0.25) is 5.02 Å². The molecule has 1 aromatic heterocycles. The van der Waals surface area contributed by atoms with Crippen molar-refractivity contribution < 1.29 is 9.15 Å². The van der Waals surface area contributed by atoms with Gasteiger partial charge in [0.2, 0.25) is 5.89 Å². The summed E-state index contributed by atoms with van der Waals surface area (Å²) in [5.41, 5.74) is 1.85. The van der Waals surface area contributed by atoms with Gasteiger partial charge in [-0.3, -0.25) is 0 Å². The number of hydrogen-bond donors (Lipinski definition) is 0. The van der Waals surface area contributed by atoms with Crippen LogP contribution in [0.1, 0.15) is 5.56 Å². The number of para-hydroxylation sites is 2. The van der Waals surface area contributed by atoms with Crippen LogP contribution in [0.15, 0.2) is 88.5 Å². The highest BCUT2D eigenvalue weighted by Gasteiger charge is 2.11. The largest absolute Gasteiger partial charge is 0.457 e. The van der Waals surface area contributed by atoms with Crippen molar-refractivity contribution in [3.05, 3.63) is 89.4 Å². The second kappa shape index (κ2) is 8.29. The number of aromatic nitrogens is 2. The molecule has 0 radical (unpaired) electrons. The predicted molar refractivity (Wildman–Crippen MR) is 107 cm³/mol. The van der Waals surface area contributed by atoms with Crippen LogP contribution in [0.4, 0.5) is 0 Å². The number of hydrogen-bond acceptors (Lipinski definition) is 5. The van der Waals surface area contributed by atoms with Crippen LogP contribution in [0.5, 0.6) is 11.5 Å². The molecule has 0 amide bonds. The van der Waals surface area contributed by atoms with Crippen LogP contribution in [0, 0.1) is 0 Å². The Kier molecular flexibility index (Phi) is 5.42. The SMILES string of the molecule is Clc1cccc(-c2nnc(SCc3ccccc3Oc3ccccc3)o2)c1. The van der Waals surface area contributed by atoms with Gasteiger partial charge in [-0.05, 0) is 36.4 Å². The van der Waals surface area contributed by atoms with Gasteiger partial charge in [0.05, 0.1) is 0 Å². The Balaban J connectivity index is 1.47. The summed E-state index contributed by atoms with van der Waals surface area (Å²) in [5, 5.41) is 9.35. The van der Waals surface area contributed by atoms with Gasteiger partial charge in [0.25, 0.3) is 5.22 Å². The Morgan fingerprint density at radius 2 is 1.70 bits per heavy atom. The van der Waals surface area contributed by atoms with Crippen molar-refractivity contribution in [3.63, 3.8) is 0 Å². The van der Waals surface area contributed by atoms with Gasteiger partial charge in [-0.15, -0.1) is 10.2 Å². The minimum Gasteiger partial charge on any atom is -0.457 e. The van der Waals surface area contributed by atoms with Crippen molar-refractivity contribution in [2.24, 2.45) is 0 Å². The molecule has 0 saturated carbocycles. The molecule has 4 aromatic rings. The smallest absolute Gasteiger partial charge is 0.277 e. The van der Waals surface area contributed by atoms with E-state index in [4.69, 9.17) is 20.8 Å². The highest BCUT2D eigenvalue weighted by molar-refractivity contribution is 7.98. The molecule has 6 heteroatoms. The average Bonchev–Trinajstić information content (AvgIpc) is 3.17. The van der Waals surface area contributed by atoms with Gasteiger partial charge in [-0.25, -0.2) is 0 Å². The second-order valence-electron chi connectivity index (χ2n) is 5.69. The first-order chi connectivity index (χ1) is 13.3. The fourth-order valence-corrected chi connectivity index (χ4v) is 3.43. The van der Waals surface area contributed by atoms with Crippen molar-refractivity contribution in [3.8, 4) is 23.0 Å². The Labute approximate surface area is 166 Å². The second-order valence-corrected chi connectivity index (χ2v) is 7.06. The summed E-state index contributed by atoms with van der Waals surface area (Å²) >= 11 is 7.48. The molecule has 4 nitrogen and oxygen atoms in total. The zero-order chi connectivity index (χ0) is 18.5. The topological polar surface area (TPSA) is 48.2 Å². The molecule has 0 bridgehead atoms. The van der Waals surface area contributed by atoms with E-state index in [1.54, 1.807) is 12.1 Å². The predicted octanol–water partition coefficient (Wildman–Crippen LogP) is 6.47. The van der Waals surface area contributed by atoms with Crippen LogP contribution >= 0.6 is 23.4 Å². The van der Waals surface area contributed by atoms with Crippen molar-refractivity contribution >= 4 is 23.4 Å². The lowest BCUT2D eigenvalue weighted by Crippen LogP contribution is -1.90. The van der Waals surface area contributed by atoms with E-state index in [0.29, 0.717) is 21.9 Å². The molecule has 0 spiro atoms. The molecular formula is C21H15ClN2O2S. The highest BCUT2D eigenvalue weighted by atomic mass is 35.5. The summed E-state index contributed by atoms with van der Waals surface area (Å²) in [4.78, 5) is 0. The van der Waals surface area contributed by atoms with E-state index >= 15 is 0 Å². The van der Waals surface area contributed by atoms with Crippen LogP contribution in [0.3, 0.4) is 0 Å². The average molecular weight is 395 g/mol. The minimum atomic E-state index is 0.453.